The molecule has 0 spiro atoms. The molecule has 0 saturated heterocycles. The zero-order chi connectivity index (χ0) is 13.0. The molecule has 0 fully saturated rings. The molecule has 0 aliphatic rings. The van der Waals surface area contributed by atoms with Crippen molar-refractivity contribution in [3.05, 3.63) is 69.9 Å². The molecule has 1 atom stereocenters. The zero-order valence-electron chi connectivity index (χ0n) is 9.94. The molecule has 2 N–H and O–H groups in total. The summed E-state index contributed by atoms with van der Waals surface area (Å²) in [6.45, 7) is 0. The minimum atomic E-state index is -0.177. The van der Waals surface area contributed by atoms with Gasteiger partial charge in [0, 0.05) is 10.5 Å². The van der Waals surface area contributed by atoms with Crippen molar-refractivity contribution in [3.63, 3.8) is 0 Å². The summed E-state index contributed by atoms with van der Waals surface area (Å²) in [6.07, 6.45) is 1.31. The molecule has 0 bridgehead atoms. The fourth-order valence-corrected chi connectivity index (χ4v) is 2.21. The first kappa shape index (κ1) is 13.2. The van der Waals surface area contributed by atoms with Gasteiger partial charge in [0.25, 0.3) is 0 Å². The highest BCUT2D eigenvalue weighted by Crippen LogP contribution is 2.14. The lowest BCUT2D eigenvalue weighted by atomic mass is 9.99. The first-order chi connectivity index (χ1) is 8.65. The smallest absolute Gasteiger partial charge is 0.126 e. The first-order valence-electron chi connectivity index (χ1n) is 5.88. The maximum Gasteiger partial charge on any atom is 0.126 e. The van der Waals surface area contributed by atoms with Crippen LogP contribution in [0.25, 0.3) is 0 Å². The minimum Gasteiger partial charge on any atom is -0.327 e. The van der Waals surface area contributed by atoms with Crippen LogP contribution >= 0.6 is 15.9 Å². The van der Waals surface area contributed by atoms with Gasteiger partial charge in [0.2, 0.25) is 0 Å². The third-order valence-electron chi connectivity index (χ3n) is 2.85. The summed E-state index contributed by atoms with van der Waals surface area (Å²) in [5.41, 5.74) is 7.92. The Morgan fingerprint density at radius 2 is 1.67 bits per heavy atom. The van der Waals surface area contributed by atoms with Gasteiger partial charge in [0.05, 0.1) is 0 Å². The number of hydrogen-bond acceptors (Lipinski definition) is 1. The molecule has 18 heavy (non-hydrogen) atoms. The van der Waals surface area contributed by atoms with Crippen molar-refractivity contribution in [2.45, 2.75) is 18.9 Å². The van der Waals surface area contributed by atoms with Crippen LogP contribution < -0.4 is 5.73 Å². The number of hydrogen-bond donors (Lipinski definition) is 1. The standard InChI is InChI=1S/C15H15BrFN/c16-13-7-5-11(6-8-13)9-14(18)10-12-3-1-2-4-15(12)17/h1-8,14H,9-10,18H2. The zero-order valence-corrected chi connectivity index (χ0v) is 11.5. The van der Waals surface area contributed by atoms with E-state index in [-0.39, 0.29) is 11.9 Å². The van der Waals surface area contributed by atoms with Crippen LogP contribution in [0.2, 0.25) is 0 Å². The van der Waals surface area contributed by atoms with Crippen LogP contribution in [-0.2, 0) is 12.8 Å². The second kappa shape index (κ2) is 6.12. The SMILES string of the molecule is NC(Cc1ccc(Br)cc1)Cc1ccccc1F. The Morgan fingerprint density at radius 3 is 2.33 bits per heavy atom. The van der Waals surface area contributed by atoms with Crippen LogP contribution in [0.5, 0.6) is 0 Å². The summed E-state index contributed by atoms with van der Waals surface area (Å²) < 4.78 is 14.5. The van der Waals surface area contributed by atoms with Gasteiger partial charge in [-0.2, -0.15) is 0 Å². The topological polar surface area (TPSA) is 26.0 Å². The van der Waals surface area contributed by atoms with E-state index in [1.807, 2.05) is 30.3 Å². The normalized spacial score (nSPS) is 12.4. The van der Waals surface area contributed by atoms with Gasteiger partial charge in [0.1, 0.15) is 5.82 Å². The van der Waals surface area contributed by atoms with Crippen LogP contribution in [0.3, 0.4) is 0 Å². The van der Waals surface area contributed by atoms with E-state index in [0.717, 1.165) is 10.9 Å². The molecule has 0 saturated carbocycles. The molecule has 0 heterocycles. The van der Waals surface area contributed by atoms with E-state index in [1.165, 1.54) is 11.6 Å². The van der Waals surface area contributed by atoms with E-state index >= 15 is 0 Å². The molecule has 1 nitrogen and oxygen atoms in total. The molecule has 2 rings (SSSR count). The maximum atomic E-state index is 13.5. The predicted octanol–water partition coefficient (Wildman–Crippen LogP) is 3.70. The molecule has 2 aromatic rings. The van der Waals surface area contributed by atoms with Gasteiger partial charge in [-0.1, -0.05) is 46.3 Å². The minimum absolute atomic E-state index is 0.0666. The highest BCUT2D eigenvalue weighted by Gasteiger charge is 2.08. The molecule has 0 aliphatic carbocycles. The number of benzene rings is 2. The molecule has 94 valence electrons. The van der Waals surface area contributed by atoms with E-state index in [9.17, 15) is 4.39 Å². The maximum absolute atomic E-state index is 13.5. The van der Waals surface area contributed by atoms with Gasteiger partial charge in [0.15, 0.2) is 0 Å². The average Bonchev–Trinajstić information content (AvgIpc) is 2.35. The van der Waals surface area contributed by atoms with E-state index < -0.39 is 0 Å². The van der Waals surface area contributed by atoms with Gasteiger partial charge in [-0.25, -0.2) is 4.39 Å². The number of halogens is 2. The third-order valence-corrected chi connectivity index (χ3v) is 3.38. The highest BCUT2D eigenvalue weighted by molar-refractivity contribution is 9.10. The molecule has 2 aromatic carbocycles. The van der Waals surface area contributed by atoms with Crippen LogP contribution in [-0.4, -0.2) is 6.04 Å². The largest absolute Gasteiger partial charge is 0.327 e. The lowest BCUT2D eigenvalue weighted by Crippen LogP contribution is -2.25. The number of nitrogens with two attached hydrogens (primary N) is 1. The van der Waals surface area contributed by atoms with Crippen molar-refractivity contribution < 1.29 is 4.39 Å². The van der Waals surface area contributed by atoms with Crippen LogP contribution in [0.1, 0.15) is 11.1 Å². The van der Waals surface area contributed by atoms with Gasteiger partial charge >= 0.3 is 0 Å². The summed E-state index contributed by atoms with van der Waals surface area (Å²) in [7, 11) is 0. The van der Waals surface area contributed by atoms with Gasteiger partial charge in [-0.15, -0.1) is 0 Å². The third kappa shape index (κ3) is 3.65. The lowest BCUT2D eigenvalue weighted by molar-refractivity contribution is 0.584. The molecule has 0 aliphatic heterocycles. The van der Waals surface area contributed by atoms with Crippen molar-refractivity contribution in [2.24, 2.45) is 5.73 Å². The van der Waals surface area contributed by atoms with Gasteiger partial charge in [-0.05, 0) is 42.2 Å². The summed E-state index contributed by atoms with van der Waals surface area (Å²) in [6, 6.07) is 14.8. The number of rotatable bonds is 4. The van der Waals surface area contributed by atoms with Crippen molar-refractivity contribution in [2.75, 3.05) is 0 Å². The molecular formula is C15H15BrFN. The second-order valence-electron chi connectivity index (χ2n) is 4.39. The Bertz CT molecular complexity index is 510. The van der Waals surface area contributed by atoms with E-state index in [0.29, 0.717) is 12.0 Å². The summed E-state index contributed by atoms with van der Waals surface area (Å²) in [5.74, 6) is -0.177. The summed E-state index contributed by atoms with van der Waals surface area (Å²) >= 11 is 3.39. The summed E-state index contributed by atoms with van der Waals surface area (Å²) in [5, 5.41) is 0. The molecule has 0 aromatic heterocycles. The Balaban J connectivity index is 1.99. The van der Waals surface area contributed by atoms with Gasteiger partial charge in [-0.3, -0.25) is 0 Å². The van der Waals surface area contributed by atoms with E-state index in [4.69, 9.17) is 5.73 Å². The van der Waals surface area contributed by atoms with E-state index in [1.54, 1.807) is 12.1 Å². The fourth-order valence-electron chi connectivity index (χ4n) is 1.94. The predicted molar refractivity (Wildman–Crippen MR) is 75.9 cm³/mol. The highest BCUT2D eigenvalue weighted by atomic mass is 79.9. The van der Waals surface area contributed by atoms with Crippen LogP contribution in [0.4, 0.5) is 4.39 Å². The van der Waals surface area contributed by atoms with Crippen molar-refractivity contribution in [1.82, 2.24) is 0 Å². The first-order valence-corrected chi connectivity index (χ1v) is 6.68. The Hall–Kier alpha value is -1.19. The second-order valence-corrected chi connectivity index (χ2v) is 5.30. The summed E-state index contributed by atoms with van der Waals surface area (Å²) in [4.78, 5) is 0. The van der Waals surface area contributed by atoms with Crippen LogP contribution in [0.15, 0.2) is 53.0 Å². The molecule has 0 radical (unpaired) electrons. The van der Waals surface area contributed by atoms with Crippen molar-refractivity contribution in [3.8, 4) is 0 Å². The molecular weight excluding hydrogens is 293 g/mol. The van der Waals surface area contributed by atoms with E-state index in [2.05, 4.69) is 15.9 Å². The Labute approximate surface area is 115 Å². The Kier molecular flexibility index (Phi) is 4.50. The molecule has 1 unspecified atom stereocenters. The monoisotopic (exact) mass is 307 g/mol. The van der Waals surface area contributed by atoms with Crippen molar-refractivity contribution in [1.29, 1.82) is 0 Å². The Morgan fingerprint density at radius 1 is 1.00 bits per heavy atom. The molecule has 0 amide bonds. The quantitative estimate of drug-likeness (QED) is 0.915. The fraction of sp³-hybridized carbons (Fsp3) is 0.200. The van der Waals surface area contributed by atoms with Gasteiger partial charge < -0.3 is 5.73 Å². The van der Waals surface area contributed by atoms with Crippen LogP contribution in [0, 0.1) is 5.82 Å². The average molecular weight is 308 g/mol. The lowest BCUT2D eigenvalue weighted by Gasteiger charge is -2.12. The van der Waals surface area contributed by atoms with Crippen molar-refractivity contribution >= 4 is 15.9 Å². The molecule has 3 heteroatoms.